The maximum atomic E-state index is 12.4. The number of allylic oxidation sites excluding steroid dienone is 2. The molecule has 3 aromatic carbocycles. The Morgan fingerprint density at radius 2 is 1.41 bits per heavy atom. The zero-order valence-electron chi connectivity index (χ0n) is 14.9. The quantitative estimate of drug-likeness (QED) is 0.232. The minimum atomic E-state index is -0.380. The van der Waals surface area contributed by atoms with E-state index in [9.17, 15) is 4.79 Å². The first kappa shape index (κ1) is 18.7. The van der Waals surface area contributed by atoms with Crippen molar-refractivity contribution in [2.45, 2.75) is 0 Å². The lowest BCUT2D eigenvalue weighted by Gasteiger charge is -2.09. The van der Waals surface area contributed by atoms with Gasteiger partial charge in [0.15, 0.2) is 0 Å². The highest BCUT2D eigenvalue weighted by molar-refractivity contribution is 6.30. The Kier molecular flexibility index (Phi) is 6.24. The van der Waals surface area contributed by atoms with Crippen LogP contribution in [0.1, 0.15) is 16.7 Å². The summed E-state index contributed by atoms with van der Waals surface area (Å²) in [4.78, 5) is 12.4. The third kappa shape index (κ3) is 4.96. The van der Waals surface area contributed by atoms with Crippen LogP contribution in [0.15, 0.2) is 91.0 Å². The van der Waals surface area contributed by atoms with Crippen LogP contribution in [0.3, 0.4) is 0 Å². The van der Waals surface area contributed by atoms with Gasteiger partial charge < -0.3 is 4.74 Å². The molecule has 0 atom stereocenters. The highest BCUT2D eigenvalue weighted by atomic mass is 35.5. The molecule has 0 spiro atoms. The average molecular weight is 375 g/mol. The summed E-state index contributed by atoms with van der Waals surface area (Å²) in [5.74, 6) is -0.380. The van der Waals surface area contributed by atoms with E-state index in [1.54, 1.807) is 0 Å². The Labute approximate surface area is 164 Å². The van der Waals surface area contributed by atoms with Crippen molar-refractivity contribution in [3.8, 4) is 0 Å². The van der Waals surface area contributed by atoms with E-state index in [2.05, 4.69) is 0 Å². The molecule has 3 heteroatoms. The fourth-order valence-electron chi connectivity index (χ4n) is 2.72. The maximum absolute atomic E-state index is 12.4. The topological polar surface area (TPSA) is 26.3 Å². The van der Waals surface area contributed by atoms with Gasteiger partial charge in [0.25, 0.3) is 0 Å². The third-order valence-electron chi connectivity index (χ3n) is 4.09. The van der Waals surface area contributed by atoms with Crippen LogP contribution in [-0.4, -0.2) is 13.1 Å². The SMILES string of the molecule is COC(=O)/C(=C/C(=C\c1ccccc1)c1ccc(Cl)cc1)c1ccccc1. The standard InChI is InChI=1S/C24H19ClO2/c1-27-24(26)23(20-10-6-3-7-11-20)17-21(16-18-8-4-2-5-9-18)19-12-14-22(25)15-13-19/h2-17H,1H3/b21-16+,23-17+. The number of halogens is 1. The lowest BCUT2D eigenvalue weighted by atomic mass is 9.97. The van der Waals surface area contributed by atoms with Gasteiger partial charge in [-0.25, -0.2) is 4.79 Å². The number of methoxy groups -OCH3 is 1. The molecule has 0 aromatic heterocycles. The van der Waals surface area contributed by atoms with Gasteiger partial charge in [-0.1, -0.05) is 84.4 Å². The van der Waals surface area contributed by atoms with Gasteiger partial charge in [-0.2, -0.15) is 0 Å². The molecular formula is C24H19ClO2. The van der Waals surface area contributed by atoms with Crippen LogP contribution in [0.5, 0.6) is 0 Å². The summed E-state index contributed by atoms with van der Waals surface area (Å²) in [5, 5.41) is 0.665. The molecule has 0 saturated heterocycles. The molecule has 0 fully saturated rings. The van der Waals surface area contributed by atoms with Gasteiger partial charge in [0.2, 0.25) is 0 Å². The van der Waals surface area contributed by atoms with Gasteiger partial charge in [-0.15, -0.1) is 0 Å². The zero-order chi connectivity index (χ0) is 19.1. The fourth-order valence-corrected chi connectivity index (χ4v) is 2.85. The first-order chi connectivity index (χ1) is 13.2. The van der Waals surface area contributed by atoms with E-state index >= 15 is 0 Å². The molecule has 0 radical (unpaired) electrons. The number of benzene rings is 3. The van der Waals surface area contributed by atoms with E-state index in [0.29, 0.717) is 10.6 Å². The molecule has 134 valence electrons. The second-order valence-electron chi connectivity index (χ2n) is 5.93. The molecule has 0 amide bonds. The smallest absolute Gasteiger partial charge is 0.338 e. The lowest BCUT2D eigenvalue weighted by molar-refractivity contribution is -0.133. The molecular weight excluding hydrogens is 356 g/mol. The molecule has 0 N–H and O–H groups in total. The minimum absolute atomic E-state index is 0.380. The van der Waals surface area contributed by atoms with Crippen molar-refractivity contribution in [2.24, 2.45) is 0 Å². The largest absolute Gasteiger partial charge is 0.465 e. The second kappa shape index (κ2) is 9.02. The highest BCUT2D eigenvalue weighted by Crippen LogP contribution is 2.26. The van der Waals surface area contributed by atoms with Crippen LogP contribution in [0.25, 0.3) is 17.2 Å². The van der Waals surface area contributed by atoms with Crippen molar-refractivity contribution in [3.05, 3.63) is 113 Å². The molecule has 3 rings (SSSR count). The Morgan fingerprint density at radius 1 is 0.815 bits per heavy atom. The normalized spacial score (nSPS) is 11.9. The molecule has 2 nitrogen and oxygen atoms in total. The van der Waals surface area contributed by atoms with Crippen LogP contribution in [0.2, 0.25) is 5.02 Å². The number of carbonyl (C=O) groups is 1. The van der Waals surface area contributed by atoms with E-state index in [1.165, 1.54) is 7.11 Å². The second-order valence-corrected chi connectivity index (χ2v) is 6.37. The molecule has 0 aliphatic carbocycles. The number of esters is 1. The van der Waals surface area contributed by atoms with Gasteiger partial charge >= 0.3 is 5.97 Å². The summed E-state index contributed by atoms with van der Waals surface area (Å²) < 4.78 is 5.02. The molecule has 0 saturated carbocycles. The fraction of sp³-hybridized carbons (Fsp3) is 0.0417. The molecule has 0 aliphatic rings. The van der Waals surface area contributed by atoms with Crippen LogP contribution < -0.4 is 0 Å². The lowest BCUT2D eigenvalue weighted by Crippen LogP contribution is -2.04. The van der Waals surface area contributed by atoms with E-state index in [4.69, 9.17) is 16.3 Å². The summed E-state index contributed by atoms with van der Waals surface area (Å²) in [7, 11) is 1.39. The summed E-state index contributed by atoms with van der Waals surface area (Å²) in [5.41, 5.74) is 4.19. The average Bonchev–Trinajstić information content (AvgIpc) is 2.72. The van der Waals surface area contributed by atoms with E-state index in [-0.39, 0.29) is 5.97 Å². The van der Waals surface area contributed by atoms with E-state index in [0.717, 1.165) is 22.3 Å². The Hall–Kier alpha value is -3.10. The first-order valence-corrected chi connectivity index (χ1v) is 8.93. The first-order valence-electron chi connectivity index (χ1n) is 8.55. The summed E-state index contributed by atoms with van der Waals surface area (Å²) in [6, 6.07) is 27.0. The van der Waals surface area contributed by atoms with Crippen molar-refractivity contribution >= 4 is 34.8 Å². The Bertz CT molecular complexity index is 956. The zero-order valence-corrected chi connectivity index (χ0v) is 15.7. The number of hydrogen-bond acceptors (Lipinski definition) is 2. The van der Waals surface area contributed by atoms with E-state index in [1.807, 2.05) is 97.1 Å². The Morgan fingerprint density at radius 3 is 2.00 bits per heavy atom. The van der Waals surface area contributed by atoms with Crippen molar-refractivity contribution in [1.82, 2.24) is 0 Å². The van der Waals surface area contributed by atoms with Crippen LogP contribution >= 0.6 is 11.6 Å². The van der Waals surface area contributed by atoms with Gasteiger partial charge in [-0.05, 0) is 46.5 Å². The van der Waals surface area contributed by atoms with Crippen LogP contribution in [-0.2, 0) is 9.53 Å². The summed E-state index contributed by atoms with van der Waals surface area (Å²) in [6.07, 6.45) is 3.90. The maximum Gasteiger partial charge on any atom is 0.338 e. The highest BCUT2D eigenvalue weighted by Gasteiger charge is 2.13. The van der Waals surface area contributed by atoms with Crippen molar-refractivity contribution in [3.63, 3.8) is 0 Å². The molecule has 0 aliphatic heterocycles. The van der Waals surface area contributed by atoms with Crippen LogP contribution in [0, 0.1) is 0 Å². The predicted octanol–water partition coefficient (Wildman–Crippen LogP) is 6.14. The number of rotatable bonds is 5. The monoisotopic (exact) mass is 374 g/mol. The molecule has 0 heterocycles. The number of ether oxygens (including phenoxy) is 1. The molecule has 0 bridgehead atoms. The van der Waals surface area contributed by atoms with Crippen molar-refractivity contribution in [1.29, 1.82) is 0 Å². The number of hydrogen-bond donors (Lipinski definition) is 0. The minimum Gasteiger partial charge on any atom is -0.465 e. The van der Waals surface area contributed by atoms with Gasteiger partial charge in [-0.3, -0.25) is 0 Å². The van der Waals surface area contributed by atoms with Gasteiger partial charge in [0.05, 0.1) is 12.7 Å². The van der Waals surface area contributed by atoms with Gasteiger partial charge in [0.1, 0.15) is 0 Å². The van der Waals surface area contributed by atoms with E-state index < -0.39 is 0 Å². The summed E-state index contributed by atoms with van der Waals surface area (Å²) >= 11 is 6.04. The predicted molar refractivity (Wildman–Crippen MR) is 112 cm³/mol. The third-order valence-corrected chi connectivity index (χ3v) is 4.34. The summed E-state index contributed by atoms with van der Waals surface area (Å²) in [6.45, 7) is 0. The molecule has 27 heavy (non-hydrogen) atoms. The Balaban J connectivity index is 2.16. The van der Waals surface area contributed by atoms with Crippen molar-refractivity contribution in [2.75, 3.05) is 7.11 Å². The molecule has 3 aromatic rings. The number of carbonyl (C=O) groups excluding carboxylic acids is 1. The van der Waals surface area contributed by atoms with Crippen LogP contribution in [0.4, 0.5) is 0 Å². The van der Waals surface area contributed by atoms with Crippen molar-refractivity contribution < 1.29 is 9.53 Å². The van der Waals surface area contributed by atoms with Gasteiger partial charge in [0, 0.05) is 5.02 Å². The molecule has 0 unspecified atom stereocenters.